The number of hydrogen-bond donors (Lipinski definition) is 3. The first-order valence-electron chi connectivity index (χ1n) is 8.48. The number of nitrogens with zero attached hydrogens (tertiary/aromatic N) is 1. The van der Waals surface area contributed by atoms with Crippen LogP contribution in [0.15, 0.2) is 29.3 Å². The van der Waals surface area contributed by atoms with Crippen molar-refractivity contribution in [3.63, 3.8) is 0 Å². The topological polar surface area (TPSA) is 74.8 Å². The highest BCUT2D eigenvalue weighted by atomic mass is 16.5. The van der Waals surface area contributed by atoms with Crippen molar-refractivity contribution in [3.05, 3.63) is 29.8 Å². The standard InChI is InChI=1S/C18H30N4O2/c1-5-24-12-6-11-20-18(19-4)21-13-15-7-9-16(10-8-15)22-17(23)14(2)3/h7-10,14H,5-6,11-13H2,1-4H3,(H,22,23)(H2,19,20,21). The lowest BCUT2D eigenvalue weighted by molar-refractivity contribution is -0.118. The van der Waals surface area contributed by atoms with Gasteiger partial charge >= 0.3 is 0 Å². The predicted molar refractivity (Wildman–Crippen MR) is 99.2 cm³/mol. The number of hydrogen-bond acceptors (Lipinski definition) is 3. The lowest BCUT2D eigenvalue weighted by atomic mass is 10.1. The number of benzene rings is 1. The quantitative estimate of drug-likeness (QED) is 0.368. The molecule has 1 amide bonds. The number of ether oxygens (including phenoxy) is 1. The molecule has 0 bridgehead atoms. The highest BCUT2D eigenvalue weighted by Gasteiger charge is 2.06. The fourth-order valence-electron chi connectivity index (χ4n) is 1.92. The number of rotatable bonds is 9. The molecule has 0 aliphatic heterocycles. The summed E-state index contributed by atoms with van der Waals surface area (Å²) in [4.78, 5) is 15.9. The molecule has 0 aromatic heterocycles. The van der Waals surface area contributed by atoms with E-state index in [0.29, 0.717) is 6.54 Å². The number of amides is 1. The minimum Gasteiger partial charge on any atom is -0.382 e. The summed E-state index contributed by atoms with van der Waals surface area (Å²) in [7, 11) is 1.75. The van der Waals surface area contributed by atoms with E-state index in [1.165, 1.54) is 0 Å². The molecule has 0 fully saturated rings. The van der Waals surface area contributed by atoms with Gasteiger partial charge in [-0.25, -0.2) is 0 Å². The van der Waals surface area contributed by atoms with Crippen LogP contribution >= 0.6 is 0 Å². The normalized spacial score (nSPS) is 11.5. The van der Waals surface area contributed by atoms with E-state index in [0.717, 1.165) is 43.4 Å². The van der Waals surface area contributed by atoms with E-state index >= 15 is 0 Å². The van der Waals surface area contributed by atoms with Gasteiger partial charge in [-0.3, -0.25) is 9.79 Å². The molecular weight excluding hydrogens is 304 g/mol. The third-order valence-corrected chi connectivity index (χ3v) is 3.39. The second-order valence-corrected chi connectivity index (χ2v) is 5.74. The Morgan fingerprint density at radius 2 is 1.92 bits per heavy atom. The van der Waals surface area contributed by atoms with Crippen LogP contribution in [0.4, 0.5) is 5.69 Å². The molecule has 6 nitrogen and oxygen atoms in total. The monoisotopic (exact) mass is 334 g/mol. The lowest BCUT2D eigenvalue weighted by Gasteiger charge is -2.12. The smallest absolute Gasteiger partial charge is 0.226 e. The van der Waals surface area contributed by atoms with Gasteiger partial charge in [-0.15, -0.1) is 0 Å². The Morgan fingerprint density at radius 1 is 1.21 bits per heavy atom. The molecule has 6 heteroatoms. The number of guanidine groups is 1. The van der Waals surface area contributed by atoms with Crippen molar-refractivity contribution < 1.29 is 9.53 Å². The second-order valence-electron chi connectivity index (χ2n) is 5.74. The van der Waals surface area contributed by atoms with Gasteiger partial charge in [-0.05, 0) is 31.0 Å². The fraction of sp³-hybridized carbons (Fsp3) is 0.556. The zero-order chi connectivity index (χ0) is 17.8. The van der Waals surface area contributed by atoms with Gasteiger partial charge in [-0.2, -0.15) is 0 Å². The van der Waals surface area contributed by atoms with Crippen LogP contribution in [0.2, 0.25) is 0 Å². The Hall–Kier alpha value is -2.08. The van der Waals surface area contributed by atoms with E-state index in [4.69, 9.17) is 4.74 Å². The van der Waals surface area contributed by atoms with Crippen LogP contribution < -0.4 is 16.0 Å². The molecule has 0 spiro atoms. The zero-order valence-electron chi connectivity index (χ0n) is 15.2. The van der Waals surface area contributed by atoms with Gasteiger partial charge in [-0.1, -0.05) is 26.0 Å². The average Bonchev–Trinajstić information content (AvgIpc) is 2.58. The fourth-order valence-corrected chi connectivity index (χ4v) is 1.92. The summed E-state index contributed by atoms with van der Waals surface area (Å²) in [5, 5.41) is 9.40. The van der Waals surface area contributed by atoms with Crippen LogP contribution in [-0.2, 0) is 16.1 Å². The third kappa shape index (κ3) is 7.97. The zero-order valence-corrected chi connectivity index (χ0v) is 15.2. The van der Waals surface area contributed by atoms with Crippen molar-refractivity contribution in [3.8, 4) is 0 Å². The number of anilines is 1. The van der Waals surface area contributed by atoms with Crippen LogP contribution in [0, 0.1) is 5.92 Å². The van der Waals surface area contributed by atoms with Gasteiger partial charge in [0.1, 0.15) is 0 Å². The van der Waals surface area contributed by atoms with E-state index in [2.05, 4.69) is 20.9 Å². The second kappa shape index (κ2) is 11.5. The Kier molecular flexibility index (Phi) is 9.53. The van der Waals surface area contributed by atoms with E-state index in [-0.39, 0.29) is 11.8 Å². The maximum atomic E-state index is 11.7. The molecule has 0 aliphatic carbocycles. The molecular formula is C18H30N4O2. The van der Waals surface area contributed by atoms with E-state index < -0.39 is 0 Å². The first-order chi connectivity index (χ1) is 11.6. The van der Waals surface area contributed by atoms with Crippen molar-refractivity contribution in [2.45, 2.75) is 33.7 Å². The molecule has 0 unspecified atom stereocenters. The third-order valence-electron chi connectivity index (χ3n) is 3.39. The van der Waals surface area contributed by atoms with Crippen molar-refractivity contribution in [2.75, 3.05) is 32.1 Å². The Labute approximate surface area is 145 Å². The first kappa shape index (κ1) is 20.0. The molecule has 0 aliphatic rings. The summed E-state index contributed by atoms with van der Waals surface area (Å²) < 4.78 is 5.30. The molecule has 1 aromatic rings. The molecule has 0 heterocycles. The minimum atomic E-state index is -0.0246. The van der Waals surface area contributed by atoms with Crippen molar-refractivity contribution in [1.29, 1.82) is 0 Å². The van der Waals surface area contributed by atoms with Gasteiger partial charge in [0.25, 0.3) is 0 Å². The number of aliphatic imine (C=N–C) groups is 1. The molecule has 0 saturated heterocycles. The van der Waals surface area contributed by atoms with Crippen LogP contribution in [0.5, 0.6) is 0 Å². The summed E-state index contributed by atoms with van der Waals surface area (Å²) in [5.41, 5.74) is 1.94. The summed E-state index contributed by atoms with van der Waals surface area (Å²) >= 11 is 0. The molecule has 3 N–H and O–H groups in total. The predicted octanol–water partition coefficient (Wildman–Crippen LogP) is 2.37. The number of carbonyl (C=O) groups is 1. The molecule has 0 saturated carbocycles. The largest absolute Gasteiger partial charge is 0.382 e. The van der Waals surface area contributed by atoms with Gasteiger partial charge in [0.05, 0.1) is 0 Å². The maximum Gasteiger partial charge on any atom is 0.226 e. The molecule has 1 aromatic carbocycles. The highest BCUT2D eigenvalue weighted by molar-refractivity contribution is 5.92. The SMILES string of the molecule is CCOCCCNC(=NC)NCc1ccc(NC(=O)C(C)C)cc1. The molecule has 134 valence electrons. The molecule has 0 radical (unpaired) electrons. The summed E-state index contributed by atoms with van der Waals surface area (Å²) in [5.74, 6) is 0.768. The van der Waals surface area contributed by atoms with Gasteiger partial charge in [0.15, 0.2) is 5.96 Å². The molecule has 24 heavy (non-hydrogen) atoms. The molecule has 1 rings (SSSR count). The van der Waals surface area contributed by atoms with Gasteiger partial charge in [0.2, 0.25) is 5.91 Å². The highest BCUT2D eigenvalue weighted by Crippen LogP contribution is 2.10. The number of nitrogens with one attached hydrogen (secondary N) is 3. The van der Waals surface area contributed by atoms with Crippen LogP contribution in [0.3, 0.4) is 0 Å². The summed E-state index contributed by atoms with van der Waals surface area (Å²) in [6, 6.07) is 7.81. The van der Waals surface area contributed by atoms with Crippen LogP contribution in [0.1, 0.15) is 32.8 Å². The lowest BCUT2D eigenvalue weighted by Crippen LogP contribution is -2.37. The van der Waals surface area contributed by atoms with Crippen LogP contribution in [-0.4, -0.2) is 38.7 Å². The minimum absolute atomic E-state index is 0.0246. The summed E-state index contributed by atoms with van der Waals surface area (Å²) in [6.07, 6.45) is 0.943. The maximum absolute atomic E-state index is 11.7. The van der Waals surface area contributed by atoms with Crippen molar-refractivity contribution in [2.24, 2.45) is 10.9 Å². The Balaban J connectivity index is 2.36. The van der Waals surface area contributed by atoms with E-state index in [1.807, 2.05) is 45.0 Å². The van der Waals surface area contributed by atoms with E-state index in [1.54, 1.807) is 7.05 Å². The summed E-state index contributed by atoms with van der Waals surface area (Å²) in [6.45, 7) is 8.74. The Morgan fingerprint density at radius 3 is 2.50 bits per heavy atom. The number of carbonyl (C=O) groups excluding carboxylic acids is 1. The Bertz CT molecular complexity index is 512. The van der Waals surface area contributed by atoms with Crippen LogP contribution in [0.25, 0.3) is 0 Å². The van der Waals surface area contributed by atoms with Gasteiger partial charge < -0.3 is 20.7 Å². The first-order valence-corrected chi connectivity index (χ1v) is 8.48. The van der Waals surface area contributed by atoms with Crippen molar-refractivity contribution in [1.82, 2.24) is 10.6 Å². The molecule has 0 atom stereocenters. The van der Waals surface area contributed by atoms with E-state index in [9.17, 15) is 4.79 Å². The average molecular weight is 334 g/mol. The van der Waals surface area contributed by atoms with Gasteiger partial charge in [0, 0.05) is 45.0 Å². The van der Waals surface area contributed by atoms with Crippen molar-refractivity contribution >= 4 is 17.6 Å².